The van der Waals surface area contributed by atoms with Crippen LogP contribution in [0.4, 0.5) is 0 Å². The van der Waals surface area contributed by atoms with Gasteiger partial charge in [-0.05, 0) is 32.6 Å². The summed E-state index contributed by atoms with van der Waals surface area (Å²) >= 11 is 0. The summed E-state index contributed by atoms with van der Waals surface area (Å²) in [5, 5.41) is 8.70. The van der Waals surface area contributed by atoms with Gasteiger partial charge in [-0.15, -0.1) is 10.2 Å². The molecule has 7 heteroatoms. The lowest BCUT2D eigenvalue weighted by atomic mass is 10.2. The Kier molecular flexibility index (Phi) is 4.48. The van der Waals surface area contributed by atoms with E-state index in [0.717, 1.165) is 37.5 Å². The minimum atomic E-state index is 0.117. The maximum atomic E-state index is 12.7. The number of aromatic nitrogens is 3. The highest BCUT2D eigenvalue weighted by Gasteiger charge is 2.35. The van der Waals surface area contributed by atoms with Crippen LogP contribution in [0.15, 0.2) is 0 Å². The summed E-state index contributed by atoms with van der Waals surface area (Å²) in [4.78, 5) is 28.5. The Labute approximate surface area is 148 Å². The molecule has 0 aromatic carbocycles. The summed E-state index contributed by atoms with van der Waals surface area (Å²) in [5.41, 5.74) is 0. The maximum Gasteiger partial charge on any atom is 0.224 e. The zero-order valence-electron chi connectivity index (χ0n) is 15.0. The van der Waals surface area contributed by atoms with E-state index in [-0.39, 0.29) is 17.9 Å². The van der Waals surface area contributed by atoms with Gasteiger partial charge in [0.25, 0.3) is 0 Å². The number of carbonyl (C=O) groups excluding carboxylic acids is 2. The van der Waals surface area contributed by atoms with Gasteiger partial charge in [-0.3, -0.25) is 9.59 Å². The largest absolute Gasteiger partial charge is 0.342 e. The van der Waals surface area contributed by atoms with Crippen LogP contribution in [0.3, 0.4) is 0 Å². The molecule has 3 aliphatic rings. The monoisotopic (exact) mass is 345 g/mol. The molecule has 2 aliphatic heterocycles. The molecule has 0 unspecified atom stereocenters. The van der Waals surface area contributed by atoms with Crippen LogP contribution in [-0.4, -0.2) is 56.0 Å². The minimum absolute atomic E-state index is 0.117. The first-order chi connectivity index (χ1) is 12.1. The van der Waals surface area contributed by atoms with E-state index in [2.05, 4.69) is 21.7 Å². The molecule has 7 nitrogen and oxygen atoms in total. The lowest BCUT2D eigenvalue weighted by Gasteiger charge is -2.33. The number of nitrogens with zero attached hydrogens (tertiary/aromatic N) is 5. The number of rotatable bonds is 4. The molecule has 25 heavy (non-hydrogen) atoms. The Morgan fingerprint density at radius 2 is 2.04 bits per heavy atom. The summed E-state index contributed by atoms with van der Waals surface area (Å²) in [6.45, 7) is 4.72. The second-order valence-electron chi connectivity index (χ2n) is 7.68. The molecule has 2 fully saturated rings. The third-order valence-electron chi connectivity index (χ3n) is 5.61. The van der Waals surface area contributed by atoms with Crippen molar-refractivity contribution in [1.82, 2.24) is 24.6 Å². The number of fused-ring (bicyclic) bond motifs is 1. The van der Waals surface area contributed by atoms with Gasteiger partial charge in [0.1, 0.15) is 5.82 Å². The van der Waals surface area contributed by atoms with E-state index in [0.29, 0.717) is 38.4 Å². The molecule has 0 N–H and O–H groups in total. The Bertz CT molecular complexity index is 666. The van der Waals surface area contributed by atoms with Crippen LogP contribution in [-0.2, 0) is 16.1 Å². The first-order valence-electron chi connectivity index (χ1n) is 9.62. The van der Waals surface area contributed by atoms with Gasteiger partial charge >= 0.3 is 0 Å². The minimum Gasteiger partial charge on any atom is -0.342 e. The van der Waals surface area contributed by atoms with Crippen LogP contribution in [0.5, 0.6) is 0 Å². The predicted octanol–water partition coefficient (Wildman–Crippen LogP) is 1.85. The van der Waals surface area contributed by atoms with Crippen molar-refractivity contribution in [3.05, 3.63) is 11.6 Å². The SMILES string of the molecule is C[C@H]1CN(C(=O)CCN2CCCCCC2=O)Cc2nnc(C3CC3)n21. The van der Waals surface area contributed by atoms with E-state index in [9.17, 15) is 9.59 Å². The lowest BCUT2D eigenvalue weighted by Crippen LogP contribution is -2.42. The third kappa shape index (κ3) is 3.41. The van der Waals surface area contributed by atoms with Crippen molar-refractivity contribution in [2.45, 2.75) is 70.4 Å². The molecule has 1 saturated carbocycles. The number of hydrogen-bond acceptors (Lipinski definition) is 4. The molecule has 1 saturated heterocycles. The molecule has 4 rings (SSSR count). The van der Waals surface area contributed by atoms with Crippen molar-refractivity contribution in [3.8, 4) is 0 Å². The molecule has 1 atom stereocenters. The van der Waals surface area contributed by atoms with Crippen molar-refractivity contribution in [3.63, 3.8) is 0 Å². The Balaban J connectivity index is 1.37. The number of carbonyl (C=O) groups is 2. The molecule has 0 spiro atoms. The van der Waals surface area contributed by atoms with Crippen LogP contribution in [0.1, 0.15) is 75.5 Å². The zero-order valence-corrected chi connectivity index (χ0v) is 15.0. The van der Waals surface area contributed by atoms with Gasteiger partial charge in [0.15, 0.2) is 5.82 Å². The van der Waals surface area contributed by atoms with Gasteiger partial charge in [0.2, 0.25) is 11.8 Å². The van der Waals surface area contributed by atoms with E-state index in [1.165, 1.54) is 12.8 Å². The fourth-order valence-corrected chi connectivity index (χ4v) is 4.03. The highest BCUT2D eigenvalue weighted by atomic mass is 16.2. The maximum absolute atomic E-state index is 12.7. The standard InChI is InChI=1S/C18H27N5O2/c1-13-11-22(12-15-19-20-18(23(13)15)14-6-7-14)17(25)8-10-21-9-4-2-3-5-16(21)24/h13-14H,2-12H2,1H3/t13-/m0/s1. The summed E-state index contributed by atoms with van der Waals surface area (Å²) < 4.78 is 2.24. The van der Waals surface area contributed by atoms with Crippen LogP contribution in [0.2, 0.25) is 0 Å². The first kappa shape index (κ1) is 16.5. The Morgan fingerprint density at radius 3 is 2.84 bits per heavy atom. The average molecular weight is 345 g/mol. The molecular formula is C18H27N5O2. The highest BCUT2D eigenvalue weighted by Crippen LogP contribution is 2.41. The number of amides is 2. The van der Waals surface area contributed by atoms with Gasteiger partial charge in [-0.1, -0.05) is 6.42 Å². The van der Waals surface area contributed by atoms with Crippen molar-refractivity contribution in [1.29, 1.82) is 0 Å². The lowest BCUT2D eigenvalue weighted by molar-refractivity contribution is -0.135. The Morgan fingerprint density at radius 1 is 1.20 bits per heavy atom. The number of hydrogen-bond donors (Lipinski definition) is 0. The van der Waals surface area contributed by atoms with Gasteiger partial charge in [0.05, 0.1) is 12.6 Å². The topological polar surface area (TPSA) is 71.3 Å². The van der Waals surface area contributed by atoms with Crippen molar-refractivity contribution < 1.29 is 9.59 Å². The van der Waals surface area contributed by atoms with Crippen LogP contribution < -0.4 is 0 Å². The molecule has 136 valence electrons. The second kappa shape index (κ2) is 6.77. The summed E-state index contributed by atoms with van der Waals surface area (Å²) in [7, 11) is 0. The third-order valence-corrected chi connectivity index (χ3v) is 5.61. The van der Waals surface area contributed by atoms with E-state index in [4.69, 9.17) is 0 Å². The molecule has 1 aromatic heterocycles. The fourth-order valence-electron chi connectivity index (χ4n) is 4.03. The van der Waals surface area contributed by atoms with Crippen LogP contribution in [0, 0.1) is 0 Å². The van der Waals surface area contributed by atoms with Crippen molar-refractivity contribution in [2.75, 3.05) is 19.6 Å². The second-order valence-corrected chi connectivity index (χ2v) is 7.68. The van der Waals surface area contributed by atoms with E-state index in [1.54, 1.807) is 0 Å². The van der Waals surface area contributed by atoms with Crippen LogP contribution >= 0.6 is 0 Å². The molecule has 0 bridgehead atoms. The molecule has 0 radical (unpaired) electrons. The van der Waals surface area contributed by atoms with E-state index in [1.807, 2.05) is 9.80 Å². The quantitative estimate of drug-likeness (QED) is 0.835. The molecule has 2 amide bonds. The highest BCUT2D eigenvalue weighted by molar-refractivity contribution is 5.79. The molecule has 3 heterocycles. The summed E-state index contributed by atoms with van der Waals surface area (Å²) in [5.74, 6) is 2.89. The zero-order chi connectivity index (χ0) is 17.4. The van der Waals surface area contributed by atoms with E-state index >= 15 is 0 Å². The summed E-state index contributed by atoms with van der Waals surface area (Å²) in [6.07, 6.45) is 6.58. The summed E-state index contributed by atoms with van der Waals surface area (Å²) in [6, 6.07) is 0.220. The van der Waals surface area contributed by atoms with Gasteiger partial charge < -0.3 is 14.4 Å². The Hall–Kier alpha value is -1.92. The van der Waals surface area contributed by atoms with Crippen LogP contribution in [0.25, 0.3) is 0 Å². The van der Waals surface area contributed by atoms with Crippen molar-refractivity contribution >= 4 is 11.8 Å². The van der Waals surface area contributed by atoms with Gasteiger partial charge in [-0.25, -0.2) is 0 Å². The smallest absolute Gasteiger partial charge is 0.224 e. The van der Waals surface area contributed by atoms with Gasteiger partial charge in [-0.2, -0.15) is 0 Å². The fraction of sp³-hybridized carbons (Fsp3) is 0.778. The molecule has 1 aliphatic carbocycles. The first-order valence-corrected chi connectivity index (χ1v) is 9.62. The van der Waals surface area contributed by atoms with Gasteiger partial charge in [0, 0.05) is 38.4 Å². The number of likely N-dealkylation sites (tertiary alicyclic amines) is 1. The normalized spacial score (nSPS) is 24.2. The molecule has 1 aromatic rings. The van der Waals surface area contributed by atoms with E-state index < -0.39 is 0 Å². The average Bonchev–Trinajstić information content (AvgIpc) is 3.38. The predicted molar refractivity (Wildman–Crippen MR) is 91.8 cm³/mol. The molecular weight excluding hydrogens is 318 g/mol. The van der Waals surface area contributed by atoms with Crippen molar-refractivity contribution in [2.24, 2.45) is 0 Å².